The molecule has 9 N–H and O–H groups in total. The van der Waals surface area contributed by atoms with Gasteiger partial charge in [-0.3, -0.25) is 4.79 Å². The summed E-state index contributed by atoms with van der Waals surface area (Å²) >= 11 is 0. The molecule has 2 fully saturated rings. The lowest BCUT2D eigenvalue weighted by Crippen LogP contribution is -2.65. The van der Waals surface area contributed by atoms with Crippen LogP contribution in [0, 0.1) is 0 Å². The van der Waals surface area contributed by atoms with E-state index in [0.29, 0.717) is 12.8 Å². The molecule has 0 saturated carbocycles. The van der Waals surface area contributed by atoms with Gasteiger partial charge in [0, 0.05) is 6.42 Å². The van der Waals surface area contributed by atoms with Gasteiger partial charge < -0.3 is 65.1 Å². The first-order chi connectivity index (χ1) is 46.6. The molecule has 2 aliphatic heterocycles. The Morgan fingerprint density at radius 2 is 0.737 bits per heavy atom. The van der Waals surface area contributed by atoms with Gasteiger partial charge in [0.15, 0.2) is 12.6 Å². The number of hydrogen-bond donors (Lipinski definition) is 9. The van der Waals surface area contributed by atoms with Gasteiger partial charge in [-0.1, -0.05) is 309 Å². The summed E-state index contributed by atoms with van der Waals surface area (Å²) in [5.74, 6) is -0.250. The van der Waals surface area contributed by atoms with Crippen molar-refractivity contribution in [3.8, 4) is 0 Å². The molecule has 2 heterocycles. The van der Waals surface area contributed by atoms with Crippen molar-refractivity contribution in [2.24, 2.45) is 0 Å². The van der Waals surface area contributed by atoms with Gasteiger partial charge in [0.25, 0.3) is 0 Å². The summed E-state index contributed by atoms with van der Waals surface area (Å²) in [6.45, 7) is 2.69. The summed E-state index contributed by atoms with van der Waals surface area (Å²) < 4.78 is 22.9. The Morgan fingerprint density at radius 3 is 1.16 bits per heavy atom. The second-order valence-electron chi connectivity index (χ2n) is 26.4. The number of hydrogen-bond acceptors (Lipinski definition) is 13. The van der Waals surface area contributed by atoms with Gasteiger partial charge in [-0.25, -0.2) is 0 Å². The van der Waals surface area contributed by atoms with Crippen molar-refractivity contribution >= 4 is 5.91 Å². The van der Waals surface area contributed by atoms with Crippen LogP contribution in [0.15, 0.2) is 122 Å². The van der Waals surface area contributed by atoms with E-state index >= 15 is 0 Å². The SMILES string of the molecule is CC/C=C\C/C=C\C/C=C\C/C=C\C/C=C\C/C=C\C/C=C\C/C=C\CCCCCCCCCCCCCCCCCCC(=O)NC(COC1OC(CO)C(OC2OC(CO)C(O)C(O)C2O)C(O)C1O)C(O)/C=C/CC/C=C/CCCCCCCCCCCCCCCC. The van der Waals surface area contributed by atoms with E-state index in [-0.39, 0.29) is 18.9 Å². The molecule has 0 aromatic heterocycles. The summed E-state index contributed by atoms with van der Waals surface area (Å²) in [6.07, 6.45) is 77.0. The lowest BCUT2D eigenvalue weighted by atomic mass is 9.97. The molecule has 0 radical (unpaired) electrons. The number of carbonyl (C=O) groups excluding carboxylic acids is 1. The molecule has 546 valence electrons. The quantitative estimate of drug-likeness (QED) is 0.0204. The van der Waals surface area contributed by atoms with E-state index < -0.39 is 86.8 Å². The lowest BCUT2D eigenvalue weighted by molar-refractivity contribution is -0.359. The molecular weight excluding hydrogens is 1190 g/mol. The number of unbranched alkanes of at least 4 members (excludes halogenated alkanes) is 31. The van der Waals surface area contributed by atoms with Crippen molar-refractivity contribution < 1.29 is 64.6 Å². The zero-order valence-corrected chi connectivity index (χ0v) is 59.6. The van der Waals surface area contributed by atoms with Gasteiger partial charge in [0.05, 0.1) is 32.0 Å². The van der Waals surface area contributed by atoms with Crippen LogP contribution in [0.5, 0.6) is 0 Å². The normalized spacial score (nSPS) is 23.1. The molecule has 2 saturated heterocycles. The van der Waals surface area contributed by atoms with Gasteiger partial charge in [-0.2, -0.15) is 0 Å². The highest BCUT2D eigenvalue weighted by Gasteiger charge is 2.51. The average molecular weight is 1330 g/mol. The largest absolute Gasteiger partial charge is 0.394 e. The summed E-state index contributed by atoms with van der Waals surface area (Å²) in [6, 6.07) is -0.938. The molecule has 0 aromatic carbocycles. The zero-order valence-electron chi connectivity index (χ0n) is 59.6. The van der Waals surface area contributed by atoms with E-state index in [2.05, 4.69) is 129 Å². The van der Waals surface area contributed by atoms with E-state index in [9.17, 15) is 45.6 Å². The highest BCUT2D eigenvalue weighted by Crippen LogP contribution is 2.30. The first kappa shape index (κ1) is 87.5. The fourth-order valence-corrected chi connectivity index (χ4v) is 11.9. The minimum absolute atomic E-state index is 0.250. The number of aliphatic hydroxyl groups is 8. The van der Waals surface area contributed by atoms with Crippen LogP contribution in [0.2, 0.25) is 0 Å². The van der Waals surface area contributed by atoms with E-state index in [1.165, 1.54) is 173 Å². The van der Waals surface area contributed by atoms with E-state index in [1.807, 2.05) is 6.08 Å². The Morgan fingerprint density at radius 1 is 0.389 bits per heavy atom. The Kier molecular flexibility index (Phi) is 58.8. The van der Waals surface area contributed by atoms with Gasteiger partial charge in [-0.05, 0) is 96.3 Å². The molecular formula is C81H139NO13. The second-order valence-corrected chi connectivity index (χ2v) is 26.4. The van der Waals surface area contributed by atoms with E-state index in [4.69, 9.17) is 18.9 Å². The van der Waals surface area contributed by atoms with E-state index in [1.54, 1.807) is 6.08 Å². The fourth-order valence-electron chi connectivity index (χ4n) is 11.9. The number of carbonyl (C=O) groups is 1. The maximum Gasteiger partial charge on any atom is 0.220 e. The molecule has 0 aliphatic carbocycles. The predicted molar refractivity (Wildman–Crippen MR) is 392 cm³/mol. The lowest BCUT2D eigenvalue weighted by Gasteiger charge is -2.46. The predicted octanol–water partition coefficient (Wildman–Crippen LogP) is 16.8. The van der Waals surface area contributed by atoms with Gasteiger partial charge in [0.1, 0.15) is 48.8 Å². The first-order valence-corrected chi connectivity index (χ1v) is 38.3. The van der Waals surface area contributed by atoms with Crippen molar-refractivity contribution in [1.29, 1.82) is 0 Å². The van der Waals surface area contributed by atoms with Gasteiger partial charge in [0.2, 0.25) is 5.91 Å². The molecule has 14 nitrogen and oxygen atoms in total. The molecule has 12 unspecified atom stereocenters. The molecule has 14 heteroatoms. The Balaban J connectivity index is 1.60. The van der Waals surface area contributed by atoms with Gasteiger partial charge in [-0.15, -0.1) is 0 Å². The third kappa shape index (κ3) is 47.1. The average Bonchev–Trinajstić information content (AvgIpc) is 0.897. The zero-order chi connectivity index (χ0) is 68.7. The minimum Gasteiger partial charge on any atom is -0.394 e. The topological polar surface area (TPSA) is 228 Å². The molecule has 1 amide bonds. The van der Waals surface area contributed by atoms with Crippen LogP contribution in [0.4, 0.5) is 0 Å². The summed E-state index contributed by atoms with van der Waals surface area (Å²) in [7, 11) is 0. The van der Waals surface area contributed by atoms with Crippen molar-refractivity contribution in [2.45, 2.75) is 364 Å². The van der Waals surface area contributed by atoms with Gasteiger partial charge >= 0.3 is 0 Å². The van der Waals surface area contributed by atoms with Crippen LogP contribution in [-0.4, -0.2) is 140 Å². The molecule has 0 bridgehead atoms. The molecule has 0 spiro atoms. The number of nitrogens with one attached hydrogen (secondary N) is 1. The van der Waals surface area contributed by atoms with E-state index in [0.717, 1.165) is 83.5 Å². The standard InChI is InChI=1S/C81H139NO13/c1-3-5-7-9-11-13-15-17-19-21-23-25-26-27-28-29-30-31-32-33-34-35-36-37-38-39-40-41-42-43-44-45-47-49-51-53-55-57-59-61-63-65-73(86)82-69(70(85)64-62-60-58-56-54-52-50-48-46-24-22-20-18-16-14-12-10-8-6-4-2)68-92-80-78(91)76(89)79(72(67-84)94-80)95-81-77(90)75(88)74(87)71(66-83)93-81/h5,7,11,13,17,19,23,25,27-28,30-31,33-34,36-37,54,56,62,64,69-72,74-81,83-85,87-91H,3-4,6,8-10,12,14-16,18,20-22,24,26,29,32,35,38-53,55,57-61,63,65-68H2,1-2H3,(H,82,86)/b7-5-,13-11-,19-17-,25-23-,28-27-,31-30-,34-33-,37-36-,56-54+,64-62+. The summed E-state index contributed by atoms with van der Waals surface area (Å²) in [4.78, 5) is 13.4. The highest BCUT2D eigenvalue weighted by molar-refractivity contribution is 5.76. The minimum atomic E-state index is -1.80. The van der Waals surface area contributed by atoms with Crippen LogP contribution in [-0.2, 0) is 23.7 Å². The van der Waals surface area contributed by atoms with Crippen molar-refractivity contribution in [2.75, 3.05) is 19.8 Å². The molecule has 12 atom stereocenters. The maximum atomic E-state index is 13.4. The van der Waals surface area contributed by atoms with Crippen LogP contribution in [0.1, 0.15) is 290 Å². The Labute approximate surface area is 578 Å². The van der Waals surface area contributed by atoms with Crippen LogP contribution in [0.25, 0.3) is 0 Å². The summed E-state index contributed by atoms with van der Waals surface area (Å²) in [5, 5.41) is 87.5. The molecule has 0 aromatic rings. The number of amides is 1. The van der Waals surface area contributed by atoms with Crippen LogP contribution < -0.4 is 5.32 Å². The maximum absolute atomic E-state index is 13.4. The number of ether oxygens (including phenoxy) is 4. The first-order valence-electron chi connectivity index (χ1n) is 38.3. The smallest absolute Gasteiger partial charge is 0.220 e. The number of aliphatic hydroxyl groups excluding tert-OH is 8. The fraction of sp³-hybridized carbons (Fsp3) is 0.741. The molecule has 2 aliphatic rings. The van der Waals surface area contributed by atoms with Crippen molar-refractivity contribution in [1.82, 2.24) is 5.32 Å². The third-order valence-corrected chi connectivity index (χ3v) is 17.9. The summed E-state index contributed by atoms with van der Waals surface area (Å²) in [5.41, 5.74) is 0. The molecule has 2 rings (SSSR count). The monoisotopic (exact) mass is 1330 g/mol. The van der Waals surface area contributed by atoms with Crippen LogP contribution >= 0.6 is 0 Å². The highest BCUT2D eigenvalue weighted by atomic mass is 16.7. The Hall–Kier alpha value is -3.61. The number of allylic oxidation sites excluding steroid dienone is 19. The van der Waals surface area contributed by atoms with Crippen molar-refractivity contribution in [3.05, 3.63) is 122 Å². The Bertz CT molecular complexity index is 2060. The number of rotatable bonds is 62. The second kappa shape index (κ2) is 63.8. The van der Waals surface area contributed by atoms with Crippen LogP contribution in [0.3, 0.4) is 0 Å². The molecule has 95 heavy (non-hydrogen) atoms. The van der Waals surface area contributed by atoms with Crippen molar-refractivity contribution in [3.63, 3.8) is 0 Å². The third-order valence-electron chi connectivity index (χ3n) is 17.9.